The fraction of sp³-hybridized carbons (Fsp3) is 0.810. The lowest BCUT2D eigenvalue weighted by atomic mass is 9.45. The second-order valence-corrected chi connectivity index (χ2v) is 8.82. The van der Waals surface area contributed by atoms with E-state index in [1.54, 1.807) is 11.1 Å². The van der Waals surface area contributed by atoms with E-state index in [2.05, 4.69) is 46.8 Å². The van der Waals surface area contributed by atoms with Crippen molar-refractivity contribution in [1.29, 1.82) is 0 Å². The van der Waals surface area contributed by atoms with Gasteiger partial charge in [0.15, 0.2) is 0 Å². The number of rotatable bonds is 2. The van der Waals surface area contributed by atoms with Crippen molar-refractivity contribution in [2.24, 2.45) is 28.6 Å². The summed E-state index contributed by atoms with van der Waals surface area (Å²) in [7, 11) is 0. The molecule has 118 valence electrons. The summed E-state index contributed by atoms with van der Waals surface area (Å²) in [5.74, 6) is 2.47. The molecule has 0 unspecified atom stereocenters. The quantitative estimate of drug-likeness (QED) is 0.541. The molecule has 0 nitrogen and oxygen atoms in total. The molecule has 0 aliphatic heterocycles. The van der Waals surface area contributed by atoms with Crippen LogP contribution in [0.3, 0.4) is 0 Å². The van der Waals surface area contributed by atoms with E-state index in [0.717, 1.165) is 11.8 Å². The summed E-state index contributed by atoms with van der Waals surface area (Å²) in [4.78, 5) is 0. The van der Waals surface area contributed by atoms with E-state index in [-0.39, 0.29) is 0 Å². The Morgan fingerprint density at radius 2 is 2.00 bits per heavy atom. The van der Waals surface area contributed by atoms with Gasteiger partial charge in [0.05, 0.1) is 0 Å². The molecule has 0 saturated heterocycles. The van der Waals surface area contributed by atoms with Crippen LogP contribution >= 0.6 is 0 Å². The van der Waals surface area contributed by atoms with Crippen LogP contribution < -0.4 is 0 Å². The predicted octanol–water partition coefficient (Wildman–Crippen LogP) is 6.53. The average molecular weight is 287 g/mol. The minimum Gasteiger partial charge on any atom is -0.0804 e. The lowest BCUT2D eigenvalue weighted by molar-refractivity contribution is -0.0629. The predicted molar refractivity (Wildman–Crippen MR) is 92.2 cm³/mol. The molecule has 3 rings (SSSR count). The summed E-state index contributed by atoms with van der Waals surface area (Å²) in [6.07, 6.45) is 15.0. The normalized spacial score (nSPS) is 43.0. The van der Waals surface area contributed by atoms with Crippen molar-refractivity contribution in [1.82, 2.24) is 0 Å². The highest BCUT2D eigenvalue weighted by atomic mass is 14.6. The molecular weight excluding hydrogens is 252 g/mol. The minimum atomic E-state index is 0.562. The summed E-state index contributed by atoms with van der Waals surface area (Å²) in [6, 6.07) is 0. The Labute approximate surface area is 132 Å². The first-order valence-corrected chi connectivity index (χ1v) is 9.31. The molecule has 0 heterocycles. The Hall–Kier alpha value is -0.520. The second kappa shape index (κ2) is 5.28. The molecule has 4 atom stereocenters. The van der Waals surface area contributed by atoms with Crippen molar-refractivity contribution >= 4 is 0 Å². The van der Waals surface area contributed by atoms with Crippen molar-refractivity contribution in [2.45, 2.75) is 79.6 Å². The van der Waals surface area contributed by atoms with E-state index in [9.17, 15) is 0 Å². The third-order valence-electron chi connectivity index (χ3n) is 7.48. The third kappa shape index (κ3) is 2.34. The first-order valence-electron chi connectivity index (χ1n) is 9.31. The van der Waals surface area contributed by atoms with Gasteiger partial charge in [-0.05, 0) is 66.3 Å². The van der Waals surface area contributed by atoms with Crippen LogP contribution in [-0.2, 0) is 0 Å². The standard InChI is InChI=1S/C21H34/c1-6-20(4)12-7-13-21(5)18-10-8-16(15(2)3)14-17(18)9-11-19(20)21/h8,14-15,18-19H,6-7,9-13H2,1-5H3/t18-,19-,20+,21+/m0/s1. The van der Waals surface area contributed by atoms with Gasteiger partial charge in [-0.15, -0.1) is 0 Å². The van der Waals surface area contributed by atoms with Crippen LogP contribution in [-0.4, -0.2) is 0 Å². The maximum atomic E-state index is 2.64. The van der Waals surface area contributed by atoms with Crippen LogP contribution in [0.2, 0.25) is 0 Å². The largest absolute Gasteiger partial charge is 0.0804 e. The molecular formula is C21H34. The topological polar surface area (TPSA) is 0 Å². The van der Waals surface area contributed by atoms with E-state index < -0.39 is 0 Å². The molecule has 0 bridgehead atoms. The number of fused-ring (bicyclic) bond motifs is 3. The zero-order valence-electron chi connectivity index (χ0n) is 14.8. The first kappa shape index (κ1) is 15.4. The molecule has 2 saturated carbocycles. The van der Waals surface area contributed by atoms with Gasteiger partial charge < -0.3 is 0 Å². The molecule has 21 heavy (non-hydrogen) atoms. The zero-order valence-corrected chi connectivity index (χ0v) is 14.8. The van der Waals surface area contributed by atoms with Gasteiger partial charge in [0.1, 0.15) is 0 Å². The molecule has 3 aliphatic rings. The van der Waals surface area contributed by atoms with E-state index in [0.29, 0.717) is 16.7 Å². The van der Waals surface area contributed by atoms with Gasteiger partial charge in [-0.1, -0.05) is 65.2 Å². The molecule has 0 amide bonds. The molecule has 0 spiro atoms. The van der Waals surface area contributed by atoms with Crippen molar-refractivity contribution in [3.05, 3.63) is 23.3 Å². The molecule has 0 aromatic rings. The number of allylic oxidation sites excluding steroid dienone is 4. The third-order valence-corrected chi connectivity index (χ3v) is 7.48. The summed E-state index contributed by atoms with van der Waals surface area (Å²) >= 11 is 0. The number of hydrogen-bond donors (Lipinski definition) is 0. The highest BCUT2D eigenvalue weighted by molar-refractivity contribution is 5.34. The number of hydrogen-bond acceptors (Lipinski definition) is 0. The van der Waals surface area contributed by atoms with Crippen LogP contribution in [0.25, 0.3) is 0 Å². The Bertz CT molecular complexity index is 466. The zero-order chi connectivity index (χ0) is 15.3. The molecule has 0 aromatic heterocycles. The van der Waals surface area contributed by atoms with Crippen molar-refractivity contribution in [2.75, 3.05) is 0 Å². The SMILES string of the molecule is CC[C@]1(C)CCC[C@]2(C)[C@H]3CC=C(C(C)C)C=C3CC[C@@H]12. The van der Waals surface area contributed by atoms with Gasteiger partial charge in [-0.3, -0.25) is 0 Å². The molecule has 0 radical (unpaired) electrons. The Morgan fingerprint density at radius 3 is 2.67 bits per heavy atom. The van der Waals surface area contributed by atoms with Gasteiger partial charge in [-0.2, -0.15) is 0 Å². The maximum absolute atomic E-state index is 2.64. The van der Waals surface area contributed by atoms with Crippen molar-refractivity contribution in [3.8, 4) is 0 Å². The molecule has 2 fully saturated rings. The molecule has 0 N–H and O–H groups in total. The molecule has 3 aliphatic carbocycles. The lowest BCUT2D eigenvalue weighted by Gasteiger charge is -2.59. The van der Waals surface area contributed by atoms with Gasteiger partial charge in [-0.25, -0.2) is 0 Å². The lowest BCUT2D eigenvalue weighted by Crippen LogP contribution is -2.50. The van der Waals surface area contributed by atoms with Gasteiger partial charge in [0.2, 0.25) is 0 Å². The fourth-order valence-electron chi connectivity index (χ4n) is 5.97. The molecule has 0 heteroatoms. The second-order valence-electron chi connectivity index (χ2n) is 8.82. The highest BCUT2D eigenvalue weighted by Crippen LogP contribution is 2.63. The monoisotopic (exact) mass is 286 g/mol. The van der Waals surface area contributed by atoms with Crippen LogP contribution in [0.1, 0.15) is 79.6 Å². The average Bonchev–Trinajstić information content (AvgIpc) is 2.46. The van der Waals surface area contributed by atoms with E-state index in [1.807, 2.05) is 0 Å². The van der Waals surface area contributed by atoms with E-state index in [1.165, 1.54) is 44.9 Å². The fourth-order valence-corrected chi connectivity index (χ4v) is 5.97. The van der Waals surface area contributed by atoms with Crippen molar-refractivity contribution in [3.63, 3.8) is 0 Å². The van der Waals surface area contributed by atoms with Gasteiger partial charge in [0, 0.05) is 0 Å². The summed E-state index contributed by atoms with van der Waals surface area (Å²) in [5, 5.41) is 0. The molecule has 0 aromatic carbocycles. The van der Waals surface area contributed by atoms with Crippen molar-refractivity contribution < 1.29 is 0 Å². The first-order chi connectivity index (χ1) is 9.90. The van der Waals surface area contributed by atoms with Crippen LogP contribution in [0, 0.1) is 28.6 Å². The Kier molecular flexibility index (Phi) is 3.87. The van der Waals surface area contributed by atoms with Crippen LogP contribution in [0.4, 0.5) is 0 Å². The Balaban J connectivity index is 1.92. The van der Waals surface area contributed by atoms with Crippen LogP contribution in [0.15, 0.2) is 23.3 Å². The van der Waals surface area contributed by atoms with E-state index >= 15 is 0 Å². The van der Waals surface area contributed by atoms with Gasteiger partial charge >= 0.3 is 0 Å². The van der Waals surface area contributed by atoms with E-state index in [4.69, 9.17) is 0 Å². The highest BCUT2D eigenvalue weighted by Gasteiger charge is 2.54. The Morgan fingerprint density at radius 1 is 1.24 bits per heavy atom. The van der Waals surface area contributed by atoms with Gasteiger partial charge in [0.25, 0.3) is 0 Å². The smallest absolute Gasteiger partial charge is 0.0108 e. The van der Waals surface area contributed by atoms with Crippen LogP contribution in [0.5, 0.6) is 0 Å². The maximum Gasteiger partial charge on any atom is -0.0108 e. The summed E-state index contributed by atoms with van der Waals surface area (Å²) in [6.45, 7) is 12.3. The summed E-state index contributed by atoms with van der Waals surface area (Å²) in [5.41, 5.74) is 4.55. The minimum absolute atomic E-state index is 0.562. The summed E-state index contributed by atoms with van der Waals surface area (Å²) < 4.78 is 0.